The van der Waals surface area contributed by atoms with Crippen molar-refractivity contribution in [1.82, 2.24) is 9.97 Å². The van der Waals surface area contributed by atoms with Crippen molar-refractivity contribution in [1.29, 1.82) is 0 Å². The summed E-state index contributed by atoms with van der Waals surface area (Å²) in [6.07, 6.45) is 1.48. The van der Waals surface area contributed by atoms with E-state index in [1.807, 2.05) is 44.2 Å². The molecule has 1 aromatic heterocycles. The third-order valence-electron chi connectivity index (χ3n) is 4.42. The number of aryl methyl sites for hydroxylation is 2. The molecule has 2 aromatic carbocycles. The molecule has 7 nitrogen and oxygen atoms in total. The number of ether oxygens (including phenoxy) is 3. The smallest absolute Gasteiger partial charge is 0.176 e. The minimum atomic E-state index is 0.415. The fourth-order valence-electron chi connectivity index (χ4n) is 2.93. The summed E-state index contributed by atoms with van der Waals surface area (Å²) in [5.41, 5.74) is 3.92. The molecule has 0 aliphatic rings. The highest BCUT2D eigenvalue weighted by molar-refractivity contribution is 7.80. The van der Waals surface area contributed by atoms with Gasteiger partial charge in [-0.3, -0.25) is 0 Å². The maximum Gasteiger partial charge on any atom is 0.176 e. The maximum atomic E-state index is 5.73. The van der Waals surface area contributed by atoms with Gasteiger partial charge >= 0.3 is 0 Å². The minimum absolute atomic E-state index is 0.415. The number of benzene rings is 2. The number of aromatic nitrogens is 2. The maximum absolute atomic E-state index is 5.73. The lowest BCUT2D eigenvalue weighted by Gasteiger charge is -2.16. The number of thiocarbonyl (C=S) groups is 1. The van der Waals surface area contributed by atoms with Crippen LogP contribution in [0.1, 0.15) is 11.1 Å². The monoisotopic (exact) mass is 412 g/mol. The van der Waals surface area contributed by atoms with E-state index in [0.29, 0.717) is 41.2 Å². The van der Waals surface area contributed by atoms with Crippen molar-refractivity contribution in [3.8, 4) is 11.5 Å². The van der Waals surface area contributed by atoms with Gasteiger partial charge in [0.1, 0.15) is 18.8 Å². The van der Waals surface area contributed by atoms with E-state index in [1.54, 1.807) is 14.2 Å². The predicted molar refractivity (Wildman–Crippen MR) is 119 cm³/mol. The lowest BCUT2D eigenvalue weighted by Crippen LogP contribution is -2.21. The molecule has 3 rings (SSSR count). The zero-order valence-corrected chi connectivity index (χ0v) is 17.7. The number of rotatable bonds is 7. The Hall–Kier alpha value is -2.97. The van der Waals surface area contributed by atoms with E-state index < -0.39 is 0 Å². The van der Waals surface area contributed by atoms with Crippen LogP contribution in [-0.4, -0.2) is 42.5 Å². The molecule has 29 heavy (non-hydrogen) atoms. The molecule has 0 bridgehead atoms. The number of nitrogens with zero attached hydrogens (tertiary/aromatic N) is 2. The second-order valence-electron chi connectivity index (χ2n) is 6.43. The van der Waals surface area contributed by atoms with Gasteiger partial charge in [-0.1, -0.05) is 18.2 Å². The Labute approximate surface area is 175 Å². The SMILES string of the molecule is COCCOc1cc2ncnc(NC(=S)Nc3c(C)cccc3C)c2cc1OC. The summed E-state index contributed by atoms with van der Waals surface area (Å²) in [7, 11) is 3.22. The van der Waals surface area contributed by atoms with Gasteiger partial charge in [0.15, 0.2) is 16.6 Å². The van der Waals surface area contributed by atoms with Gasteiger partial charge in [0.25, 0.3) is 0 Å². The van der Waals surface area contributed by atoms with Crippen LogP contribution in [0.5, 0.6) is 11.5 Å². The first-order valence-corrected chi connectivity index (χ1v) is 9.53. The molecular weight excluding hydrogens is 388 g/mol. The summed E-state index contributed by atoms with van der Waals surface area (Å²) in [6.45, 7) is 4.97. The van der Waals surface area contributed by atoms with Crippen molar-refractivity contribution in [2.75, 3.05) is 38.1 Å². The second-order valence-corrected chi connectivity index (χ2v) is 6.84. The summed E-state index contributed by atoms with van der Waals surface area (Å²) in [6, 6.07) is 9.74. The molecule has 0 saturated heterocycles. The lowest BCUT2D eigenvalue weighted by molar-refractivity contribution is 0.144. The number of para-hydroxylation sites is 1. The van der Waals surface area contributed by atoms with E-state index in [1.165, 1.54) is 6.33 Å². The Morgan fingerprint density at radius 3 is 2.45 bits per heavy atom. The quantitative estimate of drug-likeness (QED) is 0.444. The van der Waals surface area contributed by atoms with Crippen molar-refractivity contribution >= 4 is 39.7 Å². The molecule has 1 heterocycles. The van der Waals surface area contributed by atoms with E-state index in [-0.39, 0.29) is 0 Å². The molecule has 0 unspecified atom stereocenters. The molecular formula is C21H24N4O3S. The summed E-state index contributed by atoms with van der Waals surface area (Å²) in [5.74, 6) is 1.76. The molecule has 0 aliphatic carbocycles. The molecule has 0 amide bonds. The third kappa shape index (κ3) is 4.90. The molecule has 8 heteroatoms. The lowest BCUT2D eigenvalue weighted by atomic mass is 10.1. The van der Waals surface area contributed by atoms with E-state index >= 15 is 0 Å². The molecule has 2 N–H and O–H groups in total. The third-order valence-corrected chi connectivity index (χ3v) is 4.62. The van der Waals surface area contributed by atoms with Crippen LogP contribution in [0.4, 0.5) is 11.5 Å². The van der Waals surface area contributed by atoms with Crippen LogP contribution >= 0.6 is 12.2 Å². The predicted octanol–water partition coefficient (Wildman–Crippen LogP) is 4.09. The number of anilines is 2. The zero-order chi connectivity index (χ0) is 20.8. The first-order chi connectivity index (χ1) is 14.0. The van der Waals surface area contributed by atoms with Gasteiger partial charge in [-0.15, -0.1) is 0 Å². The van der Waals surface area contributed by atoms with Crippen molar-refractivity contribution in [3.63, 3.8) is 0 Å². The number of hydrogen-bond donors (Lipinski definition) is 2. The highest BCUT2D eigenvalue weighted by atomic mass is 32.1. The van der Waals surface area contributed by atoms with Gasteiger partial charge in [0.05, 0.1) is 19.2 Å². The number of nitrogens with one attached hydrogen (secondary N) is 2. The molecule has 0 aliphatic heterocycles. The van der Waals surface area contributed by atoms with Crippen LogP contribution in [0.15, 0.2) is 36.7 Å². The largest absolute Gasteiger partial charge is 0.493 e. The molecule has 0 radical (unpaired) electrons. The van der Waals surface area contributed by atoms with Crippen LogP contribution in [0.3, 0.4) is 0 Å². The Balaban J connectivity index is 1.86. The number of hydrogen-bond acceptors (Lipinski definition) is 6. The zero-order valence-electron chi connectivity index (χ0n) is 16.9. The second kappa shape index (κ2) is 9.49. The Bertz CT molecular complexity index is 1010. The number of fused-ring (bicyclic) bond motifs is 1. The van der Waals surface area contributed by atoms with Crippen molar-refractivity contribution in [2.45, 2.75) is 13.8 Å². The van der Waals surface area contributed by atoms with Crippen molar-refractivity contribution < 1.29 is 14.2 Å². The molecule has 0 saturated carbocycles. The van der Waals surface area contributed by atoms with Crippen LogP contribution in [0.2, 0.25) is 0 Å². The standard InChI is InChI=1S/C21H24N4O3S/c1-13-6-5-7-14(2)19(13)24-21(29)25-20-15-10-17(27-4)18(28-9-8-26-3)11-16(15)22-12-23-20/h5-7,10-12H,8-9H2,1-4H3,(H2,22,23,24,25,29). The van der Waals surface area contributed by atoms with Gasteiger partial charge in [0, 0.05) is 24.2 Å². The van der Waals surface area contributed by atoms with Gasteiger partial charge in [-0.05, 0) is 43.3 Å². The molecule has 3 aromatic rings. The van der Waals surface area contributed by atoms with Gasteiger partial charge in [-0.25, -0.2) is 9.97 Å². The summed E-state index contributed by atoms with van der Waals surface area (Å²) in [4.78, 5) is 8.69. The first kappa shape index (κ1) is 20.8. The van der Waals surface area contributed by atoms with Crippen LogP contribution in [0.25, 0.3) is 10.9 Å². The summed E-state index contributed by atoms with van der Waals surface area (Å²) >= 11 is 5.51. The Kier molecular flexibility index (Phi) is 6.79. The van der Waals surface area contributed by atoms with Crippen LogP contribution in [0, 0.1) is 13.8 Å². The average molecular weight is 413 g/mol. The Morgan fingerprint density at radius 1 is 1.00 bits per heavy atom. The fourth-order valence-corrected chi connectivity index (χ4v) is 3.13. The topological polar surface area (TPSA) is 77.5 Å². The van der Waals surface area contributed by atoms with Crippen molar-refractivity contribution in [2.24, 2.45) is 0 Å². The molecule has 0 atom stereocenters. The summed E-state index contributed by atoms with van der Waals surface area (Å²) < 4.78 is 16.2. The van der Waals surface area contributed by atoms with E-state index in [9.17, 15) is 0 Å². The van der Waals surface area contributed by atoms with Gasteiger partial charge < -0.3 is 24.8 Å². The van der Waals surface area contributed by atoms with Crippen LogP contribution in [-0.2, 0) is 4.74 Å². The number of methoxy groups -OCH3 is 2. The normalized spacial score (nSPS) is 10.6. The molecule has 0 fully saturated rings. The average Bonchev–Trinajstić information content (AvgIpc) is 2.71. The van der Waals surface area contributed by atoms with Gasteiger partial charge in [-0.2, -0.15) is 0 Å². The highest BCUT2D eigenvalue weighted by Gasteiger charge is 2.13. The van der Waals surface area contributed by atoms with E-state index in [4.69, 9.17) is 26.4 Å². The minimum Gasteiger partial charge on any atom is -0.493 e. The first-order valence-electron chi connectivity index (χ1n) is 9.12. The highest BCUT2D eigenvalue weighted by Crippen LogP contribution is 2.34. The Morgan fingerprint density at radius 2 is 1.76 bits per heavy atom. The molecule has 152 valence electrons. The van der Waals surface area contributed by atoms with E-state index in [0.717, 1.165) is 22.2 Å². The van der Waals surface area contributed by atoms with Crippen LogP contribution < -0.4 is 20.1 Å². The van der Waals surface area contributed by atoms with Gasteiger partial charge in [0.2, 0.25) is 0 Å². The van der Waals surface area contributed by atoms with E-state index in [2.05, 4.69) is 20.6 Å². The molecule has 0 spiro atoms. The fraction of sp³-hybridized carbons (Fsp3) is 0.286. The van der Waals surface area contributed by atoms with Crippen molar-refractivity contribution in [3.05, 3.63) is 47.8 Å². The summed E-state index contributed by atoms with van der Waals surface area (Å²) in [5, 5.41) is 7.64.